The molecule has 0 aromatic heterocycles. The van der Waals surface area contributed by atoms with Crippen molar-refractivity contribution in [3.05, 3.63) is 53.6 Å². The third-order valence-electron chi connectivity index (χ3n) is 2.66. The lowest BCUT2D eigenvalue weighted by molar-refractivity contribution is -0.114. The molecule has 0 fully saturated rings. The lowest BCUT2D eigenvalue weighted by Crippen LogP contribution is -2.05. The number of ether oxygens (including phenoxy) is 1. The van der Waals surface area contributed by atoms with Crippen LogP contribution in [0.4, 0.5) is 5.69 Å². The van der Waals surface area contributed by atoms with E-state index in [2.05, 4.69) is 5.32 Å². The molecule has 21 heavy (non-hydrogen) atoms. The molecule has 0 saturated carbocycles. The minimum atomic E-state index is -0.155. The second-order valence-electron chi connectivity index (χ2n) is 4.21. The van der Waals surface area contributed by atoms with Gasteiger partial charge in [-0.2, -0.15) is 10.5 Å². The summed E-state index contributed by atoms with van der Waals surface area (Å²) in [7, 11) is 0. The molecular weight excluding hydrogens is 266 g/mol. The molecule has 0 aliphatic carbocycles. The van der Waals surface area contributed by atoms with Crippen molar-refractivity contribution in [3.63, 3.8) is 0 Å². The Kier molecular flexibility index (Phi) is 4.18. The van der Waals surface area contributed by atoms with Gasteiger partial charge in [0, 0.05) is 12.6 Å². The number of nitrogens with one attached hydrogen (secondary N) is 1. The highest BCUT2D eigenvalue weighted by Gasteiger charge is 2.09. The van der Waals surface area contributed by atoms with E-state index in [1.807, 2.05) is 12.1 Å². The van der Waals surface area contributed by atoms with Crippen LogP contribution in [0.3, 0.4) is 0 Å². The van der Waals surface area contributed by atoms with Gasteiger partial charge in [0.25, 0.3) is 0 Å². The summed E-state index contributed by atoms with van der Waals surface area (Å²) in [5, 5.41) is 20.7. The minimum absolute atomic E-state index is 0.155. The molecule has 2 aromatic rings. The molecule has 1 N–H and O–H groups in total. The molecule has 0 heterocycles. The van der Waals surface area contributed by atoms with Gasteiger partial charge >= 0.3 is 0 Å². The van der Waals surface area contributed by atoms with Gasteiger partial charge in [0.05, 0.1) is 5.56 Å². The predicted octanol–water partition coefficient (Wildman–Crippen LogP) is 3.18. The summed E-state index contributed by atoms with van der Waals surface area (Å²) < 4.78 is 5.62. The molecule has 102 valence electrons. The van der Waals surface area contributed by atoms with Gasteiger partial charge in [-0.25, -0.2) is 0 Å². The van der Waals surface area contributed by atoms with E-state index in [-0.39, 0.29) is 17.0 Å². The van der Waals surface area contributed by atoms with Crippen molar-refractivity contribution in [3.8, 4) is 23.6 Å². The first kappa shape index (κ1) is 14.1. The Labute approximate surface area is 122 Å². The Hall–Kier alpha value is -3.31. The first-order valence-corrected chi connectivity index (χ1v) is 6.12. The Morgan fingerprint density at radius 2 is 1.81 bits per heavy atom. The van der Waals surface area contributed by atoms with Crippen molar-refractivity contribution in [1.82, 2.24) is 0 Å². The predicted molar refractivity (Wildman–Crippen MR) is 76.7 cm³/mol. The molecule has 0 unspecified atom stereocenters. The van der Waals surface area contributed by atoms with Crippen LogP contribution in [0.2, 0.25) is 0 Å². The largest absolute Gasteiger partial charge is 0.456 e. The fourth-order valence-corrected chi connectivity index (χ4v) is 1.76. The van der Waals surface area contributed by atoms with E-state index in [1.165, 1.54) is 6.92 Å². The molecule has 0 spiro atoms. The number of rotatable bonds is 3. The molecule has 0 saturated heterocycles. The molecule has 1 amide bonds. The highest BCUT2D eigenvalue weighted by Crippen LogP contribution is 2.27. The number of hydrogen-bond acceptors (Lipinski definition) is 4. The van der Waals surface area contributed by atoms with Crippen molar-refractivity contribution in [2.24, 2.45) is 0 Å². The third-order valence-corrected chi connectivity index (χ3v) is 2.66. The van der Waals surface area contributed by atoms with Gasteiger partial charge in [0.1, 0.15) is 29.2 Å². The van der Waals surface area contributed by atoms with Crippen molar-refractivity contribution >= 4 is 11.6 Å². The van der Waals surface area contributed by atoms with E-state index in [0.717, 1.165) is 0 Å². The van der Waals surface area contributed by atoms with Gasteiger partial charge in [0.2, 0.25) is 5.91 Å². The van der Waals surface area contributed by atoms with E-state index < -0.39 is 0 Å². The molecule has 0 atom stereocenters. The van der Waals surface area contributed by atoms with Crippen molar-refractivity contribution < 1.29 is 9.53 Å². The second kappa shape index (κ2) is 6.23. The van der Waals surface area contributed by atoms with Gasteiger partial charge < -0.3 is 10.1 Å². The maximum Gasteiger partial charge on any atom is 0.221 e. The normalized spacial score (nSPS) is 9.29. The van der Waals surface area contributed by atoms with Gasteiger partial charge in [0.15, 0.2) is 0 Å². The standard InChI is InChI=1S/C16H11N3O2/c1-11(20)19-13-5-7-14(8-6-13)21-16-4-2-3-12(9-17)15(16)10-18/h2-8H,1H3,(H,19,20). The maximum atomic E-state index is 10.9. The average molecular weight is 277 g/mol. The summed E-state index contributed by atoms with van der Waals surface area (Å²) >= 11 is 0. The Balaban J connectivity index is 2.25. The zero-order chi connectivity index (χ0) is 15.2. The zero-order valence-corrected chi connectivity index (χ0v) is 11.3. The molecule has 5 nitrogen and oxygen atoms in total. The number of nitriles is 2. The van der Waals surface area contributed by atoms with Gasteiger partial charge in [-0.1, -0.05) is 6.07 Å². The molecule has 0 radical (unpaired) electrons. The van der Waals surface area contributed by atoms with Crippen LogP contribution in [-0.4, -0.2) is 5.91 Å². The SMILES string of the molecule is CC(=O)Nc1ccc(Oc2cccc(C#N)c2C#N)cc1. The number of hydrogen-bond donors (Lipinski definition) is 1. The van der Waals surface area contributed by atoms with Crippen LogP contribution in [0.1, 0.15) is 18.1 Å². The van der Waals surface area contributed by atoms with Crippen LogP contribution in [0.15, 0.2) is 42.5 Å². The Bertz CT molecular complexity index is 753. The Morgan fingerprint density at radius 1 is 1.10 bits per heavy atom. The zero-order valence-electron chi connectivity index (χ0n) is 11.3. The van der Waals surface area contributed by atoms with Gasteiger partial charge in [-0.3, -0.25) is 4.79 Å². The number of anilines is 1. The van der Waals surface area contributed by atoms with Crippen LogP contribution in [-0.2, 0) is 4.79 Å². The lowest BCUT2D eigenvalue weighted by atomic mass is 10.1. The number of carbonyl (C=O) groups excluding carboxylic acids is 1. The van der Waals surface area contributed by atoms with E-state index in [9.17, 15) is 4.79 Å². The topological polar surface area (TPSA) is 85.9 Å². The van der Waals surface area contributed by atoms with Crippen molar-refractivity contribution in [1.29, 1.82) is 10.5 Å². The number of nitrogens with zero attached hydrogens (tertiary/aromatic N) is 2. The number of carbonyl (C=O) groups is 1. The van der Waals surface area contributed by atoms with Crippen LogP contribution in [0.5, 0.6) is 11.5 Å². The number of benzene rings is 2. The van der Waals surface area contributed by atoms with Crippen LogP contribution < -0.4 is 10.1 Å². The Morgan fingerprint density at radius 3 is 2.38 bits per heavy atom. The minimum Gasteiger partial charge on any atom is -0.456 e. The fourth-order valence-electron chi connectivity index (χ4n) is 1.76. The molecule has 0 aliphatic rings. The fraction of sp³-hybridized carbons (Fsp3) is 0.0625. The van der Waals surface area contributed by atoms with E-state index in [4.69, 9.17) is 15.3 Å². The molecule has 5 heteroatoms. The quantitative estimate of drug-likeness (QED) is 0.933. The smallest absolute Gasteiger partial charge is 0.221 e. The van der Waals surface area contributed by atoms with Crippen LogP contribution in [0.25, 0.3) is 0 Å². The number of amides is 1. The molecule has 2 aromatic carbocycles. The molecule has 0 aliphatic heterocycles. The highest BCUT2D eigenvalue weighted by atomic mass is 16.5. The lowest BCUT2D eigenvalue weighted by Gasteiger charge is -2.09. The van der Waals surface area contributed by atoms with E-state index in [1.54, 1.807) is 42.5 Å². The highest BCUT2D eigenvalue weighted by molar-refractivity contribution is 5.88. The summed E-state index contributed by atoms with van der Waals surface area (Å²) in [5.74, 6) is 0.677. The first-order chi connectivity index (χ1) is 10.1. The first-order valence-electron chi connectivity index (χ1n) is 6.12. The third kappa shape index (κ3) is 3.37. The maximum absolute atomic E-state index is 10.9. The summed E-state index contributed by atoms with van der Waals surface area (Å²) in [6.45, 7) is 1.43. The van der Waals surface area contributed by atoms with E-state index in [0.29, 0.717) is 17.2 Å². The molecular formula is C16H11N3O2. The molecule has 2 rings (SSSR count). The second-order valence-corrected chi connectivity index (χ2v) is 4.21. The van der Waals surface area contributed by atoms with Gasteiger partial charge in [-0.05, 0) is 36.4 Å². The average Bonchev–Trinajstić information content (AvgIpc) is 2.48. The summed E-state index contributed by atoms with van der Waals surface area (Å²) in [4.78, 5) is 10.9. The van der Waals surface area contributed by atoms with Crippen molar-refractivity contribution in [2.45, 2.75) is 6.92 Å². The van der Waals surface area contributed by atoms with E-state index >= 15 is 0 Å². The molecule has 0 bridgehead atoms. The monoisotopic (exact) mass is 277 g/mol. The van der Waals surface area contributed by atoms with Crippen LogP contribution >= 0.6 is 0 Å². The van der Waals surface area contributed by atoms with Gasteiger partial charge in [-0.15, -0.1) is 0 Å². The van der Waals surface area contributed by atoms with Crippen molar-refractivity contribution in [2.75, 3.05) is 5.32 Å². The van der Waals surface area contributed by atoms with Crippen LogP contribution in [0, 0.1) is 22.7 Å². The summed E-state index contributed by atoms with van der Waals surface area (Å²) in [5.41, 5.74) is 1.12. The summed E-state index contributed by atoms with van der Waals surface area (Å²) in [6.07, 6.45) is 0. The summed E-state index contributed by atoms with van der Waals surface area (Å²) in [6, 6.07) is 15.5.